The van der Waals surface area contributed by atoms with Crippen LogP contribution in [0.4, 0.5) is 0 Å². The highest BCUT2D eigenvalue weighted by Gasteiger charge is 2.04. The third-order valence-electron chi connectivity index (χ3n) is 2.83. The minimum Gasteiger partial charge on any atom is -0.508 e. The van der Waals surface area contributed by atoms with Crippen LogP contribution >= 0.6 is 0 Å². The number of aromatic hydroxyl groups is 1. The average Bonchev–Trinajstić information content (AvgIpc) is 2.39. The van der Waals surface area contributed by atoms with Gasteiger partial charge in [-0.3, -0.25) is 5.41 Å². The lowest BCUT2D eigenvalue weighted by atomic mass is 10.1. The molecule has 0 fully saturated rings. The van der Waals surface area contributed by atoms with Crippen LogP contribution in [0.15, 0.2) is 42.5 Å². The molecule has 98 valence electrons. The normalized spacial score (nSPS) is 10.2. The second-order valence-corrected chi connectivity index (χ2v) is 4.35. The summed E-state index contributed by atoms with van der Waals surface area (Å²) in [6, 6.07) is 12.3. The first-order chi connectivity index (χ1) is 9.06. The minimum absolute atomic E-state index is 0.0227. The van der Waals surface area contributed by atoms with Crippen LogP contribution in [-0.4, -0.2) is 10.9 Å². The molecule has 0 aromatic heterocycles. The van der Waals surface area contributed by atoms with E-state index in [4.69, 9.17) is 15.9 Å². The van der Waals surface area contributed by atoms with Gasteiger partial charge in [0.05, 0.1) is 0 Å². The Kier molecular flexibility index (Phi) is 3.71. The molecule has 2 rings (SSSR count). The molecule has 0 saturated heterocycles. The number of amidine groups is 1. The summed E-state index contributed by atoms with van der Waals surface area (Å²) in [5, 5.41) is 16.6. The highest BCUT2D eigenvalue weighted by atomic mass is 16.5. The lowest BCUT2D eigenvalue weighted by molar-refractivity contribution is 0.304. The molecule has 4 heteroatoms. The van der Waals surface area contributed by atoms with Crippen molar-refractivity contribution >= 4 is 5.84 Å². The Morgan fingerprint density at radius 3 is 2.53 bits per heavy atom. The van der Waals surface area contributed by atoms with Crippen molar-refractivity contribution in [1.29, 1.82) is 5.41 Å². The summed E-state index contributed by atoms with van der Waals surface area (Å²) in [5.41, 5.74) is 8.05. The summed E-state index contributed by atoms with van der Waals surface area (Å²) in [4.78, 5) is 0. The van der Waals surface area contributed by atoms with Crippen molar-refractivity contribution < 1.29 is 9.84 Å². The molecule has 0 saturated carbocycles. The van der Waals surface area contributed by atoms with Crippen LogP contribution in [0.3, 0.4) is 0 Å². The van der Waals surface area contributed by atoms with E-state index < -0.39 is 0 Å². The van der Waals surface area contributed by atoms with Crippen LogP contribution in [0.1, 0.15) is 16.7 Å². The summed E-state index contributed by atoms with van der Waals surface area (Å²) in [5.74, 6) is 0.966. The van der Waals surface area contributed by atoms with Crippen LogP contribution in [0.5, 0.6) is 11.5 Å². The lowest BCUT2D eigenvalue weighted by Gasteiger charge is -2.10. The largest absolute Gasteiger partial charge is 0.508 e. The minimum atomic E-state index is 0.0227. The molecule has 0 spiro atoms. The third-order valence-corrected chi connectivity index (χ3v) is 2.83. The fraction of sp³-hybridized carbons (Fsp3) is 0.133. The van der Waals surface area contributed by atoms with Crippen LogP contribution in [0.25, 0.3) is 0 Å². The van der Waals surface area contributed by atoms with Crippen LogP contribution in [0, 0.1) is 12.3 Å². The molecular formula is C15H16N2O2. The van der Waals surface area contributed by atoms with Gasteiger partial charge >= 0.3 is 0 Å². The van der Waals surface area contributed by atoms with E-state index in [0.29, 0.717) is 17.9 Å². The van der Waals surface area contributed by atoms with Crippen molar-refractivity contribution in [3.8, 4) is 11.5 Å². The predicted molar refractivity (Wildman–Crippen MR) is 74.6 cm³/mol. The fourth-order valence-electron chi connectivity index (χ4n) is 1.68. The topological polar surface area (TPSA) is 79.3 Å². The van der Waals surface area contributed by atoms with Crippen molar-refractivity contribution in [2.45, 2.75) is 13.5 Å². The van der Waals surface area contributed by atoms with Gasteiger partial charge in [-0.1, -0.05) is 24.3 Å². The molecule has 0 radical (unpaired) electrons. The summed E-state index contributed by atoms with van der Waals surface area (Å²) >= 11 is 0. The Bertz CT molecular complexity index is 592. The molecule has 4 N–H and O–H groups in total. The van der Waals surface area contributed by atoms with Gasteiger partial charge in [-0.05, 0) is 36.2 Å². The molecular weight excluding hydrogens is 240 g/mol. The van der Waals surface area contributed by atoms with E-state index in [2.05, 4.69) is 0 Å². The van der Waals surface area contributed by atoms with Crippen LogP contribution in [-0.2, 0) is 6.61 Å². The van der Waals surface area contributed by atoms with Gasteiger partial charge in [-0.15, -0.1) is 0 Å². The van der Waals surface area contributed by atoms with Gasteiger partial charge in [0.25, 0.3) is 0 Å². The van der Waals surface area contributed by atoms with E-state index in [1.807, 2.05) is 13.0 Å². The third kappa shape index (κ3) is 3.25. The molecule has 0 unspecified atom stereocenters. The predicted octanol–water partition coefficient (Wildman–Crippen LogP) is 2.56. The number of phenols is 1. The Balaban J connectivity index is 2.12. The Hall–Kier alpha value is -2.49. The Labute approximate surface area is 112 Å². The number of nitrogen functional groups attached to an aromatic ring is 1. The molecule has 0 atom stereocenters. The van der Waals surface area contributed by atoms with E-state index in [9.17, 15) is 5.11 Å². The molecule has 2 aromatic rings. The first kappa shape index (κ1) is 13.0. The maximum Gasteiger partial charge on any atom is 0.123 e. The molecule has 4 nitrogen and oxygen atoms in total. The second kappa shape index (κ2) is 5.44. The van der Waals surface area contributed by atoms with Gasteiger partial charge in [-0.2, -0.15) is 0 Å². The number of aryl methyl sites for hydroxylation is 1. The first-order valence-electron chi connectivity index (χ1n) is 5.92. The van der Waals surface area contributed by atoms with E-state index in [1.165, 1.54) is 0 Å². The van der Waals surface area contributed by atoms with Crippen molar-refractivity contribution in [2.24, 2.45) is 5.73 Å². The summed E-state index contributed by atoms with van der Waals surface area (Å²) in [6.45, 7) is 2.35. The number of nitrogens with one attached hydrogen (secondary N) is 1. The highest BCUT2D eigenvalue weighted by Crippen LogP contribution is 2.21. The molecule has 0 aliphatic rings. The molecule has 0 bridgehead atoms. The molecule has 0 aliphatic heterocycles. The van der Waals surface area contributed by atoms with Gasteiger partial charge in [-0.25, -0.2) is 0 Å². The lowest BCUT2D eigenvalue weighted by Crippen LogP contribution is -2.11. The number of ether oxygens (including phenoxy) is 1. The first-order valence-corrected chi connectivity index (χ1v) is 5.92. The van der Waals surface area contributed by atoms with Crippen LogP contribution < -0.4 is 10.5 Å². The molecule has 0 heterocycles. The Morgan fingerprint density at radius 1 is 1.21 bits per heavy atom. The van der Waals surface area contributed by atoms with Gasteiger partial charge in [0.1, 0.15) is 23.9 Å². The number of rotatable bonds is 4. The maximum absolute atomic E-state index is 9.21. The quantitative estimate of drug-likeness (QED) is 0.581. The molecule has 0 amide bonds. The molecule has 0 aliphatic carbocycles. The number of benzene rings is 2. The van der Waals surface area contributed by atoms with Gasteiger partial charge in [0.2, 0.25) is 0 Å². The monoisotopic (exact) mass is 256 g/mol. The fourth-order valence-corrected chi connectivity index (χ4v) is 1.68. The SMILES string of the molecule is Cc1ccc(C(=N)N)cc1OCc1ccc(O)cc1. The number of phenolic OH excluding ortho intramolecular Hbond substituents is 1. The molecule has 19 heavy (non-hydrogen) atoms. The number of nitrogens with two attached hydrogens (primary N) is 1. The number of hydrogen-bond acceptors (Lipinski definition) is 3. The smallest absolute Gasteiger partial charge is 0.123 e. The van der Waals surface area contributed by atoms with Crippen molar-refractivity contribution in [1.82, 2.24) is 0 Å². The maximum atomic E-state index is 9.21. The van der Waals surface area contributed by atoms with Gasteiger partial charge < -0.3 is 15.6 Å². The van der Waals surface area contributed by atoms with E-state index in [0.717, 1.165) is 11.1 Å². The summed E-state index contributed by atoms with van der Waals surface area (Å²) in [6.07, 6.45) is 0. The van der Waals surface area contributed by atoms with E-state index in [1.54, 1.807) is 36.4 Å². The summed E-state index contributed by atoms with van der Waals surface area (Å²) in [7, 11) is 0. The van der Waals surface area contributed by atoms with Crippen molar-refractivity contribution in [2.75, 3.05) is 0 Å². The van der Waals surface area contributed by atoms with Gasteiger partial charge in [0, 0.05) is 5.56 Å². The van der Waals surface area contributed by atoms with Crippen LogP contribution in [0.2, 0.25) is 0 Å². The van der Waals surface area contributed by atoms with Gasteiger partial charge in [0.15, 0.2) is 0 Å². The van der Waals surface area contributed by atoms with E-state index in [-0.39, 0.29) is 11.6 Å². The summed E-state index contributed by atoms with van der Waals surface area (Å²) < 4.78 is 5.72. The average molecular weight is 256 g/mol. The zero-order chi connectivity index (χ0) is 13.8. The highest BCUT2D eigenvalue weighted by molar-refractivity contribution is 5.95. The Morgan fingerprint density at radius 2 is 1.89 bits per heavy atom. The zero-order valence-corrected chi connectivity index (χ0v) is 10.7. The number of hydrogen-bond donors (Lipinski definition) is 3. The van der Waals surface area contributed by atoms with Crippen molar-refractivity contribution in [3.63, 3.8) is 0 Å². The standard InChI is InChI=1S/C15H16N2O2/c1-10-2-5-12(15(16)17)8-14(10)19-9-11-3-6-13(18)7-4-11/h2-8,18H,9H2,1H3,(H3,16,17). The molecule has 2 aromatic carbocycles. The zero-order valence-electron chi connectivity index (χ0n) is 10.7. The second-order valence-electron chi connectivity index (χ2n) is 4.35. The van der Waals surface area contributed by atoms with Crippen molar-refractivity contribution in [3.05, 3.63) is 59.2 Å². The van der Waals surface area contributed by atoms with E-state index >= 15 is 0 Å².